The summed E-state index contributed by atoms with van der Waals surface area (Å²) < 4.78 is 1.06. The van der Waals surface area contributed by atoms with Gasteiger partial charge in [0.05, 0.1) is 0 Å². The van der Waals surface area contributed by atoms with Gasteiger partial charge >= 0.3 is 188 Å². The number of hydrogen-bond acceptors (Lipinski definition) is 3. The van der Waals surface area contributed by atoms with Crippen LogP contribution in [0.25, 0.3) is 0 Å². The Morgan fingerprint density at radius 1 is 0.735 bits per heavy atom. The van der Waals surface area contributed by atoms with E-state index in [4.69, 9.17) is 20.3 Å². The van der Waals surface area contributed by atoms with E-state index in [0.717, 1.165) is 24.3 Å². The van der Waals surface area contributed by atoms with Crippen LogP contribution in [0.15, 0.2) is 30.3 Å². The number of nitrogens with zero attached hydrogens (tertiary/aromatic N) is 1. The fraction of sp³-hybridized carbons (Fsp3) is 0.571. The Balaban J connectivity index is 2.14. The third kappa shape index (κ3) is 7.54. The second-order valence-electron chi connectivity index (χ2n) is 10.3. The SMILES string of the molecule is CC(C)c1cccc(C(C)C)c1NCCN(C)CNc1c(C(C)C)cc[c]([Co]([Cl])[Cl])c1C(C)C. The first kappa shape index (κ1) is 29.3. The molecule has 0 saturated carbocycles. The van der Waals surface area contributed by atoms with E-state index in [9.17, 15) is 0 Å². The molecule has 2 aromatic rings. The summed E-state index contributed by atoms with van der Waals surface area (Å²) >= 11 is -1.17. The zero-order valence-electron chi connectivity index (χ0n) is 22.4. The van der Waals surface area contributed by atoms with Crippen LogP contribution in [0.4, 0.5) is 11.4 Å². The van der Waals surface area contributed by atoms with Gasteiger partial charge in [0.15, 0.2) is 0 Å². The predicted molar refractivity (Wildman–Crippen MR) is 150 cm³/mol. The van der Waals surface area contributed by atoms with Gasteiger partial charge in [0, 0.05) is 0 Å². The van der Waals surface area contributed by atoms with Gasteiger partial charge in [-0.3, -0.25) is 0 Å². The molecule has 0 fully saturated rings. The second-order valence-corrected chi connectivity index (χ2v) is 14.1. The molecule has 6 heteroatoms. The first-order valence-corrected chi connectivity index (χ1v) is 15.8. The minimum atomic E-state index is -1.17. The molecule has 2 aromatic carbocycles. The monoisotopic (exact) mass is 551 g/mol. The summed E-state index contributed by atoms with van der Waals surface area (Å²) in [6.07, 6.45) is 0. The Kier molecular flexibility index (Phi) is 11.6. The number of rotatable bonds is 12. The number of anilines is 2. The number of nitrogens with one attached hydrogen (secondary N) is 2. The van der Waals surface area contributed by atoms with Crippen molar-refractivity contribution >= 4 is 36.2 Å². The molecule has 34 heavy (non-hydrogen) atoms. The molecule has 2 N–H and O–H groups in total. The summed E-state index contributed by atoms with van der Waals surface area (Å²) in [5.74, 6) is 1.74. The van der Waals surface area contributed by atoms with Gasteiger partial charge in [-0.25, -0.2) is 0 Å². The van der Waals surface area contributed by atoms with Gasteiger partial charge < -0.3 is 0 Å². The molecule has 0 aliphatic heterocycles. The van der Waals surface area contributed by atoms with Crippen LogP contribution in [0.2, 0.25) is 0 Å². The Bertz CT molecular complexity index is 900. The van der Waals surface area contributed by atoms with Crippen molar-refractivity contribution < 1.29 is 11.9 Å². The number of halogens is 2. The molecule has 0 amide bonds. The van der Waals surface area contributed by atoms with Crippen LogP contribution >= 0.6 is 20.3 Å². The Hall–Kier alpha value is -0.914. The van der Waals surface area contributed by atoms with Crippen LogP contribution in [0.5, 0.6) is 0 Å². The first-order chi connectivity index (χ1) is 16.0. The van der Waals surface area contributed by atoms with E-state index in [1.54, 1.807) is 0 Å². The standard InChI is InChI=1S/C28H44N3.2ClH.Co/c1-19(2)23-12-10-13-24(20(3)4)27(23)29-16-17-31(9)18-30-28-25(21(5)6)14-11-15-26(28)22(7)8;;;/h10-14,19-22,29-30H,16-18H2,1-9H3;2*1H;/q;;;+2/p-2. The predicted octanol–water partition coefficient (Wildman–Crippen LogP) is 8.14. The molecule has 0 aliphatic rings. The molecule has 0 spiro atoms. The van der Waals surface area contributed by atoms with E-state index in [0.29, 0.717) is 23.7 Å². The van der Waals surface area contributed by atoms with Crippen molar-refractivity contribution in [1.29, 1.82) is 0 Å². The minimum absolute atomic E-state index is 0.340. The van der Waals surface area contributed by atoms with E-state index in [2.05, 4.69) is 108 Å². The van der Waals surface area contributed by atoms with E-state index in [1.807, 2.05) is 0 Å². The van der Waals surface area contributed by atoms with Gasteiger partial charge in [-0.2, -0.15) is 0 Å². The fourth-order valence-electron chi connectivity index (χ4n) is 4.36. The van der Waals surface area contributed by atoms with E-state index in [1.165, 1.54) is 33.6 Å². The molecular formula is C28H44Cl2CoN3. The summed E-state index contributed by atoms with van der Waals surface area (Å²) in [6.45, 7) is 20.5. The number of benzene rings is 2. The van der Waals surface area contributed by atoms with Crippen molar-refractivity contribution in [2.45, 2.75) is 79.1 Å². The zero-order valence-corrected chi connectivity index (χ0v) is 24.9. The van der Waals surface area contributed by atoms with Crippen LogP contribution in [-0.4, -0.2) is 31.7 Å². The quantitative estimate of drug-likeness (QED) is 0.260. The molecule has 2 rings (SSSR count). The van der Waals surface area contributed by atoms with Crippen molar-refractivity contribution in [2.75, 3.05) is 37.4 Å². The number of para-hydroxylation sites is 1. The molecule has 0 heterocycles. The summed E-state index contributed by atoms with van der Waals surface area (Å²) in [5, 5.41) is 7.49. The summed E-state index contributed by atoms with van der Waals surface area (Å²) in [4.78, 5) is 2.32. The molecule has 0 atom stereocenters. The Labute approximate surface area is 221 Å². The van der Waals surface area contributed by atoms with Crippen molar-refractivity contribution in [3.8, 4) is 0 Å². The average Bonchev–Trinajstić information content (AvgIpc) is 2.76. The third-order valence-electron chi connectivity index (χ3n) is 6.23. The van der Waals surface area contributed by atoms with Gasteiger partial charge in [-0.05, 0) is 0 Å². The van der Waals surface area contributed by atoms with E-state index < -0.39 is 11.9 Å². The van der Waals surface area contributed by atoms with Gasteiger partial charge in [0.25, 0.3) is 0 Å². The molecule has 0 bridgehead atoms. The summed E-state index contributed by atoms with van der Waals surface area (Å²) in [5.41, 5.74) is 7.86. The van der Waals surface area contributed by atoms with Crippen LogP contribution in [0, 0.1) is 0 Å². The van der Waals surface area contributed by atoms with Crippen molar-refractivity contribution in [3.63, 3.8) is 0 Å². The Morgan fingerprint density at radius 2 is 1.26 bits per heavy atom. The normalized spacial score (nSPS) is 12.4. The average molecular weight is 553 g/mol. The summed E-state index contributed by atoms with van der Waals surface area (Å²) in [6, 6.07) is 11.0. The van der Waals surface area contributed by atoms with Crippen LogP contribution in [0.1, 0.15) is 101 Å². The third-order valence-corrected chi connectivity index (χ3v) is 8.23. The van der Waals surface area contributed by atoms with Crippen LogP contribution in [-0.2, 0) is 11.9 Å². The summed E-state index contributed by atoms with van der Waals surface area (Å²) in [7, 11) is 15.0. The molecule has 0 unspecified atom stereocenters. The van der Waals surface area contributed by atoms with Crippen molar-refractivity contribution in [3.05, 3.63) is 52.6 Å². The zero-order chi connectivity index (χ0) is 25.6. The maximum atomic E-state index is 6.40. The van der Waals surface area contributed by atoms with Gasteiger partial charge in [-0.15, -0.1) is 0 Å². The molecular weight excluding hydrogens is 508 g/mol. The molecule has 0 aliphatic carbocycles. The van der Waals surface area contributed by atoms with Gasteiger partial charge in [0.2, 0.25) is 0 Å². The molecule has 0 saturated heterocycles. The Morgan fingerprint density at radius 3 is 1.74 bits per heavy atom. The second kappa shape index (κ2) is 13.4. The van der Waals surface area contributed by atoms with Crippen molar-refractivity contribution in [2.24, 2.45) is 0 Å². The van der Waals surface area contributed by atoms with Crippen molar-refractivity contribution in [1.82, 2.24) is 4.90 Å². The van der Waals surface area contributed by atoms with Crippen LogP contribution in [0.3, 0.4) is 0 Å². The van der Waals surface area contributed by atoms with Crippen LogP contribution < -0.4 is 15.1 Å². The molecule has 3 nitrogen and oxygen atoms in total. The molecule has 194 valence electrons. The topological polar surface area (TPSA) is 27.3 Å². The van der Waals surface area contributed by atoms with E-state index >= 15 is 0 Å². The maximum absolute atomic E-state index is 6.40. The first-order valence-electron chi connectivity index (χ1n) is 12.4. The van der Waals surface area contributed by atoms with Gasteiger partial charge in [0.1, 0.15) is 0 Å². The van der Waals surface area contributed by atoms with E-state index in [-0.39, 0.29) is 0 Å². The molecule has 0 aromatic heterocycles. The number of likely N-dealkylation sites (N-methyl/N-ethyl adjacent to an activating group) is 1. The number of hydrogen-bond donors (Lipinski definition) is 2. The molecule has 0 radical (unpaired) electrons. The fourth-order valence-corrected chi connectivity index (χ4v) is 6.13. The van der Waals surface area contributed by atoms with Gasteiger partial charge in [-0.1, -0.05) is 33.8 Å².